The third-order valence-electron chi connectivity index (χ3n) is 8.86. The van der Waals surface area contributed by atoms with E-state index < -0.39 is 17.6 Å². The van der Waals surface area contributed by atoms with Gasteiger partial charge in [-0.25, -0.2) is 0 Å². The summed E-state index contributed by atoms with van der Waals surface area (Å²) in [5.74, 6) is 0.980. The van der Waals surface area contributed by atoms with E-state index in [0.29, 0.717) is 36.8 Å². The molecule has 0 bridgehead atoms. The third-order valence-corrected chi connectivity index (χ3v) is 8.86. The molecule has 0 radical (unpaired) electrons. The van der Waals surface area contributed by atoms with Crippen molar-refractivity contribution in [2.75, 3.05) is 24.5 Å². The fourth-order valence-corrected chi connectivity index (χ4v) is 6.83. The lowest BCUT2D eigenvalue weighted by molar-refractivity contribution is -0.138. The lowest BCUT2D eigenvalue weighted by Crippen LogP contribution is -2.52. The Kier molecular flexibility index (Phi) is 6.95. The number of hydrogen-bond donors (Lipinski definition) is 1. The van der Waals surface area contributed by atoms with Gasteiger partial charge in [0.05, 0.1) is 17.5 Å². The number of nitrogens with one attached hydrogen (secondary N) is 1. The molecule has 0 unspecified atom stereocenters. The van der Waals surface area contributed by atoms with Crippen molar-refractivity contribution in [3.05, 3.63) is 89.0 Å². The molecule has 2 aliphatic heterocycles. The lowest BCUT2D eigenvalue weighted by Gasteiger charge is -2.46. The number of benzene rings is 2. The first-order valence-electron chi connectivity index (χ1n) is 14.1. The van der Waals surface area contributed by atoms with Crippen molar-refractivity contribution >= 4 is 17.5 Å². The van der Waals surface area contributed by atoms with Crippen LogP contribution in [0.3, 0.4) is 0 Å². The number of hydrogen-bond acceptors (Lipinski definition) is 5. The fraction of sp³-hybridized carbons (Fsp3) is 0.419. The molecule has 1 saturated heterocycles. The topological polar surface area (TPSA) is 83.4 Å². The summed E-state index contributed by atoms with van der Waals surface area (Å²) in [6, 6.07) is 10.3. The number of carbonyl (C=O) groups excluding carboxylic acids is 2. The summed E-state index contributed by atoms with van der Waals surface area (Å²) in [6.07, 6.45) is 0.0764. The highest BCUT2D eigenvalue weighted by Gasteiger charge is 2.48. The van der Waals surface area contributed by atoms with Crippen LogP contribution in [0.5, 0.6) is 0 Å². The van der Waals surface area contributed by atoms with Gasteiger partial charge in [-0.05, 0) is 65.8 Å². The Morgan fingerprint density at radius 2 is 1.98 bits per heavy atom. The van der Waals surface area contributed by atoms with Crippen molar-refractivity contribution in [2.45, 2.75) is 44.4 Å². The van der Waals surface area contributed by atoms with E-state index in [1.807, 2.05) is 29.8 Å². The number of amides is 2. The summed E-state index contributed by atoms with van der Waals surface area (Å²) in [4.78, 5) is 28.4. The molecule has 3 aliphatic rings. The fourth-order valence-electron chi connectivity index (χ4n) is 6.83. The first-order chi connectivity index (χ1) is 20.0. The number of alkyl halides is 3. The van der Waals surface area contributed by atoms with Crippen LogP contribution in [0.4, 0.5) is 18.9 Å². The molecule has 0 atom stereocenters. The third kappa shape index (κ3) is 4.79. The number of halogens is 3. The summed E-state index contributed by atoms with van der Waals surface area (Å²) in [7, 11) is 1.90. The van der Waals surface area contributed by atoms with Gasteiger partial charge in [0.2, 0.25) is 5.91 Å². The van der Waals surface area contributed by atoms with Gasteiger partial charge in [-0.15, -0.1) is 10.2 Å². The van der Waals surface area contributed by atoms with E-state index in [1.165, 1.54) is 11.0 Å². The zero-order valence-electron chi connectivity index (χ0n) is 23.6. The Morgan fingerprint density at radius 1 is 1.21 bits per heavy atom. The maximum Gasteiger partial charge on any atom is 0.416 e. The van der Waals surface area contributed by atoms with E-state index in [1.54, 1.807) is 23.4 Å². The Balaban J connectivity index is 1.24. The molecule has 42 heavy (non-hydrogen) atoms. The van der Waals surface area contributed by atoms with Crippen molar-refractivity contribution in [1.29, 1.82) is 0 Å². The van der Waals surface area contributed by atoms with Gasteiger partial charge < -0.3 is 19.7 Å². The van der Waals surface area contributed by atoms with Crippen LogP contribution in [0.1, 0.15) is 58.2 Å². The average Bonchev–Trinajstić information content (AvgIpc) is 3.49. The van der Waals surface area contributed by atoms with Crippen LogP contribution >= 0.6 is 0 Å². The second-order valence-electron chi connectivity index (χ2n) is 11.9. The molecule has 2 fully saturated rings. The van der Waals surface area contributed by atoms with Crippen molar-refractivity contribution < 1.29 is 22.8 Å². The normalized spacial score (nSPS) is 22.1. The molecular weight excluding hydrogens is 545 g/mol. The molecule has 2 aromatic carbocycles. The molecule has 1 N–H and O–H groups in total. The minimum Gasteiger partial charge on any atom is -0.338 e. The maximum atomic E-state index is 14.2. The number of nitrogens with zero attached hydrogens (tertiary/aromatic N) is 5. The SMILES string of the molecule is C=CC(=O)N1CC(CNCc2cc3c(c(C(F)(F)F)c2)CN(c2cccc(C4(c5nncn5C)CC(C)C4)c2)C3=O)C1. The van der Waals surface area contributed by atoms with Gasteiger partial charge in [0, 0.05) is 50.4 Å². The first kappa shape index (κ1) is 28.1. The second-order valence-corrected chi connectivity index (χ2v) is 11.9. The van der Waals surface area contributed by atoms with Crippen LogP contribution in [-0.4, -0.2) is 51.1 Å². The number of aromatic nitrogens is 3. The Morgan fingerprint density at radius 3 is 2.62 bits per heavy atom. The van der Waals surface area contributed by atoms with Crippen molar-refractivity contribution in [1.82, 2.24) is 25.0 Å². The van der Waals surface area contributed by atoms with Crippen LogP contribution in [0, 0.1) is 11.8 Å². The number of rotatable bonds is 8. The molecule has 6 rings (SSSR count). The predicted octanol–water partition coefficient (Wildman–Crippen LogP) is 4.44. The second kappa shape index (κ2) is 10.4. The van der Waals surface area contributed by atoms with Crippen LogP contribution < -0.4 is 10.2 Å². The summed E-state index contributed by atoms with van der Waals surface area (Å²) in [5.41, 5.74) is 0.877. The molecule has 1 aliphatic carbocycles. The largest absolute Gasteiger partial charge is 0.416 e. The van der Waals surface area contributed by atoms with E-state index >= 15 is 0 Å². The number of aryl methyl sites for hydroxylation is 1. The molecule has 1 saturated carbocycles. The van der Waals surface area contributed by atoms with Crippen molar-refractivity contribution in [2.24, 2.45) is 18.9 Å². The minimum absolute atomic E-state index is 0.000457. The smallest absolute Gasteiger partial charge is 0.338 e. The van der Waals surface area contributed by atoms with Gasteiger partial charge >= 0.3 is 6.18 Å². The first-order valence-corrected chi connectivity index (χ1v) is 14.1. The van der Waals surface area contributed by atoms with Crippen molar-refractivity contribution in [3.8, 4) is 0 Å². The Bertz CT molecular complexity index is 1550. The predicted molar refractivity (Wildman–Crippen MR) is 151 cm³/mol. The molecule has 8 nitrogen and oxygen atoms in total. The Labute approximate surface area is 242 Å². The van der Waals surface area contributed by atoms with Crippen LogP contribution in [0.25, 0.3) is 0 Å². The molecule has 0 spiro atoms. The zero-order valence-corrected chi connectivity index (χ0v) is 23.6. The average molecular weight is 579 g/mol. The summed E-state index contributed by atoms with van der Waals surface area (Å²) >= 11 is 0. The quantitative estimate of drug-likeness (QED) is 0.400. The van der Waals surface area contributed by atoms with Gasteiger partial charge in [0.15, 0.2) is 0 Å². The van der Waals surface area contributed by atoms with Gasteiger partial charge in [0.1, 0.15) is 12.2 Å². The molecule has 11 heteroatoms. The lowest BCUT2D eigenvalue weighted by atomic mass is 9.58. The van der Waals surface area contributed by atoms with Gasteiger partial charge in [-0.1, -0.05) is 25.6 Å². The molecule has 220 valence electrons. The van der Waals surface area contributed by atoms with E-state index in [0.717, 1.165) is 30.3 Å². The van der Waals surface area contributed by atoms with E-state index in [2.05, 4.69) is 29.0 Å². The summed E-state index contributed by atoms with van der Waals surface area (Å²) in [5, 5.41) is 11.7. The van der Waals surface area contributed by atoms with Gasteiger partial charge in [0.25, 0.3) is 5.91 Å². The van der Waals surface area contributed by atoms with Crippen LogP contribution in [0.2, 0.25) is 0 Å². The highest BCUT2D eigenvalue weighted by molar-refractivity contribution is 6.10. The Hall–Kier alpha value is -3.99. The molecule has 2 amide bonds. The standard InChI is InChI=1S/C31H33F3N6O2/c1-4-27(41)39-15-21(16-39)14-35-13-20-8-24-25(26(9-20)31(32,33)34)17-40(28(24)42)23-7-5-6-22(10-23)30(11-19(2)12-30)29-37-36-18-38(29)3/h4-10,18-19,21,35H,1,11-17H2,2-3H3. The molecular formula is C31H33F3N6O2. The van der Waals surface area contributed by atoms with E-state index in [-0.39, 0.29) is 41.5 Å². The monoisotopic (exact) mass is 578 g/mol. The van der Waals surface area contributed by atoms with Crippen molar-refractivity contribution in [3.63, 3.8) is 0 Å². The van der Waals surface area contributed by atoms with Gasteiger partial charge in [-0.2, -0.15) is 13.2 Å². The molecule has 1 aromatic heterocycles. The van der Waals surface area contributed by atoms with E-state index in [4.69, 9.17) is 0 Å². The van der Waals surface area contributed by atoms with Gasteiger partial charge in [-0.3, -0.25) is 9.59 Å². The summed E-state index contributed by atoms with van der Waals surface area (Å²) in [6.45, 7) is 7.41. The molecule has 3 heterocycles. The highest BCUT2D eigenvalue weighted by Crippen LogP contribution is 2.52. The highest BCUT2D eigenvalue weighted by atomic mass is 19.4. The number of fused-ring (bicyclic) bond motifs is 1. The number of likely N-dealkylation sites (tertiary alicyclic amines) is 1. The molecule has 3 aromatic rings. The minimum atomic E-state index is -4.60. The van der Waals surface area contributed by atoms with Crippen LogP contribution in [0.15, 0.2) is 55.4 Å². The maximum absolute atomic E-state index is 14.2. The van der Waals surface area contributed by atoms with Crippen LogP contribution in [-0.2, 0) is 36.5 Å². The van der Waals surface area contributed by atoms with E-state index in [9.17, 15) is 22.8 Å². The summed E-state index contributed by atoms with van der Waals surface area (Å²) < 4.78 is 44.6. The zero-order chi connectivity index (χ0) is 29.8. The number of anilines is 1. The number of carbonyl (C=O) groups is 2.